The van der Waals surface area contributed by atoms with Crippen LogP contribution in [0.2, 0.25) is 0 Å². The molecule has 0 radical (unpaired) electrons. The molecule has 0 aliphatic carbocycles. The van der Waals surface area contributed by atoms with Gasteiger partial charge < -0.3 is 4.74 Å². The Morgan fingerprint density at radius 2 is 1.95 bits per heavy atom. The summed E-state index contributed by atoms with van der Waals surface area (Å²) >= 11 is 0. The highest BCUT2D eigenvalue weighted by molar-refractivity contribution is 5.67. The third kappa shape index (κ3) is 4.90. The largest absolute Gasteiger partial charge is 0.465 e. The van der Waals surface area contributed by atoms with Crippen LogP contribution in [0.4, 0.5) is 0 Å². The third-order valence-corrected chi connectivity index (χ3v) is 3.12. The monoisotopic (exact) mass is 260 g/mol. The first-order valence-electron chi connectivity index (χ1n) is 6.60. The van der Waals surface area contributed by atoms with E-state index >= 15 is 0 Å². The molecule has 0 fully saturated rings. The van der Waals surface area contributed by atoms with E-state index in [1.54, 1.807) is 0 Å². The molecular formula is C17H24O2. The van der Waals surface area contributed by atoms with Crippen LogP contribution in [0.5, 0.6) is 0 Å². The van der Waals surface area contributed by atoms with Crippen LogP contribution in [-0.2, 0) is 9.53 Å². The van der Waals surface area contributed by atoms with Crippen LogP contribution >= 0.6 is 0 Å². The zero-order valence-corrected chi connectivity index (χ0v) is 12.7. The number of ether oxygens (including phenoxy) is 1. The molecule has 2 heteroatoms. The summed E-state index contributed by atoms with van der Waals surface area (Å²) in [5.41, 5.74) is 4.69. The van der Waals surface area contributed by atoms with Crippen LogP contribution in [0.15, 0.2) is 24.8 Å². The Balaban J connectivity index is 2.75. The van der Waals surface area contributed by atoms with E-state index in [9.17, 15) is 4.79 Å². The van der Waals surface area contributed by atoms with E-state index in [1.807, 2.05) is 0 Å². The van der Waals surface area contributed by atoms with E-state index in [4.69, 9.17) is 4.74 Å². The SMILES string of the molecule is C=C(CC(C)(C)COC(C)=O)c1ccc(C)cc1C. The fourth-order valence-electron chi connectivity index (χ4n) is 2.23. The van der Waals surface area contributed by atoms with Gasteiger partial charge in [0.25, 0.3) is 0 Å². The molecule has 104 valence electrons. The Morgan fingerprint density at radius 1 is 1.32 bits per heavy atom. The van der Waals surface area contributed by atoms with Gasteiger partial charge in [0.2, 0.25) is 0 Å². The molecule has 0 amide bonds. The number of rotatable bonds is 5. The first-order chi connectivity index (χ1) is 8.71. The summed E-state index contributed by atoms with van der Waals surface area (Å²) < 4.78 is 5.11. The normalized spacial score (nSPS) is 11.2. The van der Waals surface area contributed by atoms with Crippen molar-refractivity contribution < 1.29 is 9.53 Å². The number of carbonyl (C=O) groups excluding carboxylic acids is 1. The first kappa shape index (κ1) is 15.5. The fraction of sp³-hybridized carbons (Fsp3) is 0.471. The van der Waals surface area contributed by atoms with Crippen LogP contribution in [0, 0.1) is 19.3 Å². The highest BCUT2D eigenvalue weighted by Gasteiger charge is 2.21. The molecule has 0 aliphatic rings. The summed E-state index contributed by atoms with van der Waals surface area (Å²) in [4.78, 5) is 10.9. The van der Waals surface area contributed by atoms with E-state index in [2.05, 4.69) is 52.5 Å². The summed E-state index contributed by atoms with van der Waals surface area (Å²) in [6.07, 6.45) is 0.810. The van der Waals surface area contributed by atoms with E-state index < -0.39 is 0 Å². The maximum Gasteiger partial charge on any atom is 0.302 e. The van der Waals surface area contributed by atoms with Crippen molar-refractivity contribution in [3.63, 3.8) is 0 Å². The standard InChI is InChI=1S/C17H24O2/c1-12-7-8-16(13(2)9-12)14(3)10-17(5,6)11-19-15(4)18/h7-9H,3,10-11H2,1-2,4-6H3. The Bertz CT molecular complexity index is 484. The zero-order valence-electron chi connectivity index (χ0n) is 12.7. The highest BCUT2D eigenvalue weighted by atomic mass is 16.5. The van der Waals surface area contributed by atoms with E-state index in [-0.39, 0.29) is 11.4 Å². The first-order valence-corrected chi connectivity index (χ1v) is 6.60. The lowest BCUT2D eigenvalue weighted by Crippen LogP contribution is -2.21. The summed E-state index contributed by atoms with van der Waals surface area (Å²) in [6, 6.07) is 6.39. The number of allylic oxidation sites excluding steroid dienone is 1. The predicted molar refractivity (Wildman–Crippen MR) is 80.0 cm³/mol. The number of hydrogen-bond donors (Lipinski definition) is 0. The van der Waals surface area contributed by atoms with Crippen molar-refractivity contribution >= 4 is 11.5 Å². The molecule has 1 aromatic carbocycles. The van der Waals surface area contributed by atoms with E-state index in [1.165, 1.54) is 23.6 Å². The lowest BCUT2D eigenvalue weighted by molar-refractivity contribution is -0.143. The van der Waals surface area contributed by atoms with Crippen molar-refractivity contribution in [1.29, 1.82) is 0 Å². The number of aryl methyl sites for hydroxylation is 2. The molecule has 1 aromatic rings. The minimum Gasteiger partial charge on any atom is -0.465 e. The molecule has 1 rings (SSSR count). The smallest absolute Gasteiger partial charge is 0.302 e. The quantitative estimate of drug-likeness (QED) is 0.738. The van der Waals surface area contributed by atoms with Crippen LogP contribution in [0.25, 0.3) is 5.57 Å². The summed E-state index contributed by atoms with van der Waals surface area (Å²) in [5, 5.41) is 0. The van der Waals surface area contributed by atoms with Gasteiger partial charge >= 0.3 is 5.97 Å². The molecule has 19 heavy (non-hydrogen) atoms. The van der Waals surface area contributed by atoms with Crippen LogP contribution in [0.1, 0.15) is 43.9 Å². The molecule has 0 saturated heterocycles. The van der Waals surface area contributed by atoms with E-state index in [0.717, 1.165) is 12.0 Å². The van der Waals surface area contributed by atoms with Crippen molar-refractivity contribution in [1.82, 2.24) is 0 Å². The van der Waals surface area contributed by atoms with Crippen LogP contribution in [0.3, 0.4) is 0 Å². The Labute approximate surface area is 116 Å². The highest BCUT2D eigenvalue weighted by Crippen LogP contribution is 2.31. The Hall–Kier alpha value is -1.57. The minimum atomic E-state index is -0.231. The van der Waals surface area contributed by atoms with Crippen LogP contribution in [-0.4, -0.2) is 12.6 Å². The number of carbonyl (C=O) groups is 1. The van der Waals surface area contributed by atoms with Gasteiger partial charge in [0.15, 0.2) is 0 Å². The molecule has 0 atom stereocenters. The van der Waals surface area contributed by atoms with Gasteiger partial charge in [0, 0.05) is 12.3 Å². The molecule has 0 N–H and O–H groups in total. The molecule has 0 aromatic heterocycles. The van der Waals surface area contributed by atoms with Gasteiger partial charge in [-0.25, -0.2) is 0 Å². The third-order valence-electron chi connectivity index (χ3n) is 3.12. The second-order valence-electron chi connectivity index (χ2n) is 6.04. The lowest BCUT2D eigenvalue weighted by atomic mass is 9.83. The van der Waals surface area contributed by atoms with Gasteiger partial charge in [-0.1, -0.05) is 44.2 Å². The van der Waals surface area contributed by atoms with Gasteiger partial charge in [-0.05, 0) is 37.0 Å². The van der Waals surface area contributed by atoms with Gasteiger partial charge in [-0.2, -0.15) is 0 Å². The average molecular weight is 260 g/mol. The second-order valence-corrected chi connectivity index (χ2v) is 6.04. The zero-order chi connectivity index (χ0) is 14.6. The molecule has 2 nitrogen and oxygen atoms in total. The van der Waals surface area contributed by atoms with Crippen molar-refractivity contribution in [2.24, 2.45) is 5.41 Å². The maximum atomic E-state index is 10.9. The second kappa shape index (κ2) is 6.05. The summed E-state index contributed by atoms with van der Waals surface area (Å²) in [7, 11) is 0. The Morgan fingerprint density at radius 3 is 2.47 bits per heavy atom. The molecule has 0 heterocycles. The van der Waals surface area contributed by atoms with Gasteiger partial charge in [0.05, 0.1) is 6.61 Å². The molecule has 0 aliphatic heterocycles. The fourth-order valence-corrected chi connectivity index (χ4v) is 2.23. The topological polar surface area (TPSA) is 26.3 Å². The number of benzene rings is 1. The Kier molecular flexibility index (Phi) is 4.93. The van der Waals surface area contributed by atoms with Gasteiger partial charge in [0.1, 0.15) is 0 Å². The average Bonchev–Trinajstić information content (AvgIpc) is 2.25. The number of hydrogen-bond acceptors (Lipinski definition) is 2. The van der Waals surface area contributed by atoms with Crippen molar-refractivity contribution in [2.75, 3.05) is 6.61 Å². The summed E-state index contributed by atoms with van der Waals surface area (Å²) in [6.45, 7) is 14.4. The number of esters is 1. The summed E-state index contributed by atoms with van der Waals surface area (Å²) in [5.74, 6) is -0.231. The van der Waals surface area contributed by atoms with Crippen LogP contribution < -0.4 is 0 Å². The minimum absolute atomic E-state index is 0.0971. The molecule has 0 bridgehead atoms. The molecule has 0 saturated carbocycles. The van der Waals surface area contributed by atoms with Gasteiger partial charge in [-0.3, -0.25) is 4.79 Å². The van der Waals surface area contributed by atoms with Gasteiger partial charge in [-0.15, -0.1) is 0 Å². The maximum absolute atomic E-state index is 10.9. The molecular weight excluding hydrogens is 236 g/mol. The molecule has 0 unspecified atom stereocenters. The predicted octanol–water partition coefficient (Wildman–Crippen LogP) is 4.30. The van der Waals surface area contributed by atoms with Crippen molar-refractivity contribution in [2.45, 2.75) is 41.0 Å². The lowest BCUT2D eigenvalue weighted by Gasteiger charge is -2.25. The van der Waals surface area contributed by atoms with Crippen molar-refractivity contribution in [3.05, 3.63) is 41.5 Å². The van der Waals surface area contributed by atoms with E-state index in [0.29, 0.717) is 6.61 Å². The molecule has 0 spiro atoms. The van der Waals surface area contributed by atoms with Crippen molar-refractivity contribution in [3.8, 4) is 0 Å².